The minimum Gasteiger partial charge on any atom is -0.397 e. The molecule has 2 aromatic rings. The Labute approximate surface area is 113 Å². The highest BCUT2D eigenvalue weighted by atomic mass is 35.5. The molecule has 0 saturated carbocycles. The summed E-state index contributed by atoms with van der Waals surface area (Å²) in [5, 5.41) is 2.90. The van der Waals surface area contributed by atoms with Crippen molar-refractivity contribution in [2.45, 2.75) is 13.5 Å². The van der Waals surface area contributed by atoms with E-state index in [9.17, 15) is 4.79 Å². The van der Waals surface area contributed by atoms with Crippen LogP contribution in [-0.4, -0.2) is 15.9 Å². The van der Waals surface area contributed by atoms with Crippen LogP contribution in [0.15, 0.2) is 17.8 Å². The van der Waals surface area contributed by atoms with Crippen LogP contribution in [0.2, 0.25) is 5.15 Å². The number of rotatable bonds is 3. The minimum atomic E-state index is -0.299. The standard InChI is InChI=1S/C11H11ClN4OS/c1-6-9(18-5-16-6)4-15-11(17)8-2-7(13)3-14-10(8)12/h2-3,5H,4,13H2,1H3,(H,15,17). The van der Waals surface area contributed by atoms with Crippen LogP contribution < -0.4 is 11.1 Å². The number of nitrogens with zero attached hydrogens (tertiary/aromatic N) is 2. The molecule has 94 valence electrons. The van der Waals surface area contributed by atoms with Crippen LogP contribution in [0, 0.1) is 6.92 Å². The van der Waals surface area contributed by atoms with Crippen molar-refractivity contribution in [2.75, 3.05) is 5.73 Å². The largest absolute Gasteiger partial charge is 0.397 e. The summed E-state index contributed by atoms with van der Waals surface area (Å²) in [5.41, 5.74) is 8.91. The van der Waals surface area contributed by atoms with Gasteiger partial charge in [0, 0.05) is 4.88 Å². The zero-order chi connectivity index (χ0) is 13.1. The maximum atomic E-state index is 11.9. The van der Waals surface area contributed by atoms with E-state index in [2.05, 4.69) is 15.3 Å². The number of thiazole rings is 1. The third kappa shape index (κ3) is 2.77. The smallest absolute Gasteiger partial charge is 0.254 e. The molecule has 0 unspecified atom stereocenters. The number of nitrogens with one attached hydrogen (secondary N) is 1. The van der Waals surface area contributed by atoms with Crippen LogP contribution >= 0.6 is 22.9 Å². The first-order valence-corrected chi connectivity index (χ1v) is 6.42. The van der Waals surface area contributed by atoms with Crippen molar-refractivity contribution in [1.29, 1.82) is 0 Å². The number of aryl methyl sites for hydroxylation is 1. The third-order valence-corrected chi connectivity index (χ3v) is 3.60. The van der Waals surface area contributed by atoms with E-state index in [-0.39, 0.29) is 16.6 Å². The highest BCUT2D eigenvalue weighted by Crippen LogP contribution is 2.16. The molecule has 0 fully saturated rings. The highest BCUT2D eigenvalue weighted by Gasteiger charge is 2.12. The SMILES string of the molecule is Cc1ncsc1CNC(=O)c1cc(N)cnc1Cl. The van der Waals surface area contributed by atoms with Crippen molar-refractivity contribution < 1.29 is 4.79 Å². The van der Waals surface area contributed by atoms with Gasteiger partial charge in [0.05, 0.1) is 35.2 Å². The molecule has 2 heterocycles. The molecule has 1 amide bonds. The Kier molecular flexibility index (Phi) is 3.78. The summed E-state index contributed by atoms with van der Waals surface area (Å²) < 4.78 is 0. The molecule has 0 radical (unpaired) electrons. The summed E-state index contributed by atoms with van der Waals surface area (Å²) in [7, 11) is 0. The number of nitrogens with two attached hydrogens (primary N) is 1. The zero-order valence-corrected chi connectivity index (χ0v) is 11.2. The van der Waals surface area contributed by atoms with Crippen LogP contribution in [0.25, 0.3) is 0 Å². The van der Waals surface area contributed by atoms with Crippen LogP contribution in [-0.2, 0) is 6.54 Å². The molecule has 0 aromatic carbocycles. The minimum absolute atomic E-state index is 0.141. The number of amides is 1. The number of halogens is 1. The van der Waals surface area contributed by atoms with Crippen molar-refractivity contribution in [3.63, 3.8) is 0 Å². The lowest BCUT2D eigenvalue weighted by Crippen LogP contribution is -2.23. The molecular formula is C11H11ClN4OS. The summed E-state index contributed by atoms with van der Waals surface area (Å²) >= 11 is 7.34. The van der Waals surface area contributed by atoms with Crippen molar-refractivity contribution in [1.82, 2.24) is 15.3 Å². The summed E-state index contributed by atoms with van der Waals surface area (Å²) in [4.78, 5) is 20.9. The fourth-order valence-corrected chi connectivity index (χ4v) is 2.28. The van der Waals surface area contributed by atoms with E-state index in [1.807, 2.05) is 6.92 Å². The molecule has 0 spiro atoms. The number of hydrogen-bond donors (Lipinski definition) is 2. The van der Waals surface area contributed by atoms with Gasteiger partial charge in [0.2, 0.25) is 0 Å². The molecule has 0 aliphatic rings. The van der Waals surface area contributed by atoms with E-state index in [0.29, 0.717) is 12.2 Å². The van der Waals surface area contributed by atoms with E-state index < -0.39 is 0 Å². The molecule has 18 heavy (non-hydrogen) atoms. The van der Waals surface area contributed by atoms with Gasteiger partial charge in [-0.1, -0.05) is 11.6 Å². The Morgan fingerprint density at radius 2 is 2.33 bits per heavy atom. The Morgan fingerprint density at radius 1 is 1.56 bits per heavy atom. The van der Waals surface area contributed by atoms with Crippen molar-refractivity contribution in [3.8, 4) is 0 Å². The van der Waals surface area contributed by atoms with E-state index >= 15 is 0 Å². The second-order valence-electron chi connectivity index (χ2n) is 3.65. The average molecular weight is 283 g/mol. The van der Waals surface area contributed by atoms with Crippen LogP contribution in [0.1, 0.15) is 20.9 Å². The third-order valence-electron chi connectivity index (χ3n) is 2.36. The lowest BCUT2D eigenvalue weighted by atomic mass is 10.2. The van der Waals surface area contributed by atoms with Gasteiger partial charge >= 0.3 is 0 Å². The van der Waals surface area contributed by atoms with Crippen molar-refractivity contribution in [2.24, 2.45) is 0 Å². The molecule has 2 rings (SSSR count). The molecule has 0 atom stereocenters. The van der Waals surface area contributed by atoms with Gasteiger partial charge in [-0.15, -0.1) is 11.3 Å². The van der Waals surface area contributed by atoms with E-state index in [4.69, 9.17) is 17.3 Å². The summed E-state index contributed by atoms with van der Waals surface area (Å²) in [6, 6.07) is 1.50. The maximum Gasteiger partial charge on any atom is 0.254 e. The van der Waals surface area contributed by atoms with Crippen LogP contribution in [0.4, 0.5) is 5.69 Å². The number of nitrogen functional groups attached to an aromatic ring is 1. The van der Waals surface area contributed by atoms with Gasteiger partial charge in [0.25, 0.3) is 5.91 Å². The van der Waals surface area contributed by atoms with E-state index in [1.165, 1.54) is 23.6 Å². The van der Waals surface area contributed by atoms with E-state index in [0.717, 1.165) is 10.6 Å². The monoisotopic (exact) mass is 282 g/mol. The molecule has 3 N–H and O–H groups in total. The van der Waals surface area contributed by atoms with Gasteiger partial charge in [-0.05, 0) is 13.0 Å². The van der Waals surface area contributed by atoms with Crippen molar-refractivity contribution >= 4 is 34.5 Å². The molecule has 5 nitrogen and oxygen atoms in total. The van der Waals surface area contributed by atoms with Gasteiger partial charge in [0.15, 0.2) is 0 Å². The lowest BCUT2D eigenvalue weighted by molar-refractivity contribution is 0.0951. The molecular weight excluding hydrogens is 272 g/mol. The maximum absolute atomic E-state index is 11.9. The molecule has 2 aromatic heterocycles. The lowest BCUT2D eigenvalue weighted by Gasteiger charge is -2.06. The molecule has 7 heteroatoms. The fraction of sp³-hybridized carbons (Fsp3) is 0.182. The Balaban J connectivity index is 2.08. The quantitative estimate of drug-likeness (QED) is 0.844. The first kappa shape index (κ1) is 12.8. The summed E-state index contributed by atoms with van der Waals surface area (Å²) in [6.07, 6.45) is 1.41. The first-order valence-electron chi connectivity index (χ1n) is 5.16. The molecule has 0 aliphatic carbocycles. The Bertz CT molecular complexity index is 584. The Hall–Kier alpha value is -1.66. The van der Waals surface area contributed by atoms with Gasteiger partial charge in [-0.3, -0.25) is 4.79 Å². The van der Waals surface area contributed by atoms with Gasteiger partial charge in [-0.25, -0.2) is 9.97 Å². The fourth-order valence-electron chi connectivity index (χ4n) is 1.38. The molecule has 0 saturated heterocycles. The Morgan fingerprint density at radius 3 is 3.00 bits per heavy atom. The average Bonchev–Trinajstić information content (AvgIpc) is 2.75. The van der Waals surface area contributed by atoms with Gasteiger partial charge in [-0.2, -0.15) is 0 Å². The van der Waals surface area contributed by atoms with Crippen LogP contribution in [0.5, 0.6) is 0 Å². The number of pyridine rings is 1. The van der Waals surface area contributed by atoms with Gasteiger partial charge < -0.3 is 11.1 Å². The predicted octanol–water partition coefficient (Wildman–Crippen LogP) is 2.01. The highest BCUT2D eigenvalue weighted by molar-refractivity contribution is 7.09. The van der Waals surface area contributed by atoms with E-state index in [1.54, 1.807) is 5.51 Å². The number of carbonyl (C=O) groups is 1. The second-order valence-corrected chi connectivity index (χ2v) is 4.95. The second kappa shape index (κ2) is 5.32. The number of hydrogen-bond acceptors (Lipinski definition) is 5. The van der Waals surface area contributed by atoms with Gasteiger partial charge in [0.1, 0.15) is 5.15 Å². The molecule has 0 bridgehead atoms. The predicted molar refractivity (Wildman–Crippen MR) is 71.7 cm³/mol. The van der Waals surface area contributed by atoms with Crippen molar-refractivity contribution in [3.05, 3.63) is 39.1 Å². The number of anilines is 1. The van der Waals surface area contributed by atoms with Crippen LogP contribution in [0.3, 0.4) is 0 Å². The first-order chi connectivity index (χ1) is 8.58. The zero-order valence-electron chi connectivity index (χ0n) is 9.61. The number of carbonyl (C=O) groups excluding carboxylic acids is 1. The summed E-state index contributed by atoms with van der Waals surface area (Å²) in [6.45, 7) is 2.31. The normalized spacial score (nSPS) is 10.3. The summed E-state index contributed by atoms with van der Waals surface area (Å²) in [5.74, 6) is -0.299. The number of aromatic nitrogens is 2. The molecule has 0 aliphatic heterocycles. The topological polar surface area (TPSA) is 80.9 Å².